The molecule has 1 heterocycles. The summed E-state index contributed by atoms with van der Waals surface area (Å²) in [6, 6.07) is 10.3. The molecule has 2 aromatic rings. The molecule has 196 valence electrons. The molecule has 1 saturated heterocycles. The average molecular weight is 533 g/mol. The molecule has 0 amide bonds. The van der Waals surface area contributed by atoms with Crippen LogP contribution in [0.2, 0.25) is 0 Å². The Morgan fingerprint density at radius 1 is 0.543 bits per heavy atom. The van der Waals surface area contributed by atoms with E-state index in [0.29, 0.717) is 0 Å². The Morgan fingerprint density at radius 2 is 0.800 bits per heavy atom. The molecule has 2 aromatic carbocycles. The number of carboxylic acid groups (broad SMARTS) is 2. The van der Waals surface area contributed by atoms with Gasteiger partial charge in [0.25, 0.3) is 0 Å². The number of carbonyl (C=O) groups excluding carboxylic acids is 2. The number of benzene rings is 2. The van der Waals surface area contributed by atoms with E-state index in [4.69, 9.17) is 10.2 Å². The second-order valence-electron chi connectivity index (χ2n) is 7.38. The maximum Gasteiger partial charge on any atom is 2.00 e. The van der Waals surface area contributed by atoms with Crippen molar-refractivity contribution in [3.63, 3.8) is 0 Å². The van der Waals surface area contributed by atoms with Gasteiger partial charge in [-0.1, -0.05) is 0 Å². The second-order valence-corrected chi connectivity index (χ2v) is 7.38. The van der Waals surface area contributed by atoms with Crippen molar-refractivity contribution in [1.82, 2.24) is 21.3 Å². The van der Waals surface area contributed by atoms with Crippen molar-refractivity contribution in [2.75, 3.05) is 52.4 Å². The number of hydrogen-bond acceptors (Lipinski definition) is 10. The summed E-state index contributed by atoms with van der Waals surface area (Å²) < 4.78 is 0. The van der Waals surface area contributed by atoms with Crippen LogP contribution in [-0.4, -0.2) is 74.5 Å². The van der Waals surface area contributed by atoms with E-state index < -0.39 is 11.9 Å². The summed E-state index contributed by atoms with van der Waals surface area (Å²) in [6.07, 6.45) is 2.44. The van der Waals surface area contributed by atoms with Gasteiger partial charge in [0, 0.05) is 26.2 Å². The Kier molecular flexibility index (Phi) is 19.1. The van der Waals surface area contributed by atoms with E-state index in [1.807, 2.05) is 0 Å². The maximum atomic E-state index is 10.1. The van der Waals surface area contributed by atoms with E-state index >= 15 is 0 Å². The molecule has 0 radical (unpaired) electrons. The first-order valence-electron chi connectivity index (χ1n) is 11.2. The Hall–Kier alpha value is -2.69. The minimum Gasteiger partial charge on any atom is -0.545 e. The van der Waals surface area contributed by atoms with Crippen molar-refractivity contribution in [3.05, 3.63) is 59.7 Å². The molecule has 1 fully saturated rings. The summed E-state index contributed by atoms with van der Waals surface area (Å²) in [5.74, 6) is -2.38. The summed E-state index contributed by atoms with van der Waals surface area (Å²) in [7, 11) is 0. The molecule has 10 nitrogen and oxygen atoms in total. The van der Waals surface area contributed by atoms with Gasteiger partial charge in [0.1, 0.15) is 11.5 Å². The fraction of sp³-hybridized carbons (Fsp3) is 0.417. The average Bonchev–Trinajstić information content (AvgIpc) is 2.82. The van der Waals surface area contributed by atoms with Crippen molar-refractivity contribution < 1.29 is 46.5 Å². The largest absolute Gasteiger partial charge is 2.00 e. The number of phenols is 2. The minimum atomic E-state index is -1.24. The van der Waals surface area contributed by atoms with Crippen LogP contribution < -0.4 is 31.5 Å². The van der Waals surface area contributed by atoms with Gasteiger partial charge in [0.15, 0.2) is 0 Å². The van der Waals surface area contributed by atoms with Gasteiger partial charge in [0.2, 0.25) is 0 Å². The molecule has 6 N–H and O–H groups in total. The molecular formula is C24H34N4NiO6. The van der Waals surface area contributed by atoms with E-state index in [1.54, 1.807) is 0 Å². The van der Waals surface area contributed by atoms with Crippen LogP contribution in [0.15, 0.2) is 48.5 Å². The maximum absolute atomic E-state index is 10.1. The van der Waals surface area contributed by atoms with Crippen LogP contribution in [0.5, 0.6) is 11.5 Å². The molecular weight excluding hydrogens is 499 g/mol. The summed E-state index contributed by atoms with van der Waals surface area (Å²) in [6.45, 7) is 8.87. The minimum absolute atomic E-state index is 0. The Labute approximate surface area is 216 Å². The zero-order valence-electron chi connectivity index (χ0n) is 19.5. The predicted octanol–water partition coefficient (Wildman–Crippen LogP) is -1.35. The third-order valence-corrected chi connectivity index (χ3v) is 4.58. The third-order valence-electron chi connectivity index (χ3n) is 4.58. The zero-order valence-corrected chi connectivity index (χ0v) is 20.5. The van der Waals surface area contributed by atoms with Crippen LogP contribution in [0, 0.1) is 0 Å². The first-order chi connectivity index (χ1) is 16.4. The van der Waals surface area contributed by atoms with Gasteiger partial charge in [-0.2, -0.15) is 0 Å². The smallest absolute Gasteiger partial charge is 0.545 e. The summed E-state index contributed by atoms with van der Waals surface area (Å²) in [5, 5.41) is 51.4. The van der Waals surface area contributed by atoms with Crippen LogP contribution in [0.4, 0.5) is 0 Å². The summed E-state index contributed by atoms with van der Waals surface area (Å²) in [4.78, 5) is 20.2. The van der Waals surface area contributed by atoms with Crippen LogP contribution in [0.3, 0.4) is 0 Å². The zero-order chi connectivity index (χ0) is 25.0. The topological polar surface area (TPSA) is 169 Å². The number of hydrogen-bond donors (Lipinski definition) is 6. The number of aromatic carboxylic acids is 2. The molecule has 0 atom stereocenters. The van der Waals surface area contributed by atoms with Gasteiger partial charge < -0.3 is 51.3 Å². The molecule has 1 aliphatic rings. The van der Waals surface area contributed by atoms with Crippen LogP contribution >= 0.6 is 0 Å². The fourth-order valence-corrected chi connectivity index (χ4v) is 2.73. The second kappa shape index (κ2) is 20.7. The number of rotatable bonds is 2. The van der Waals surface area contributed by atoms with E-state index in [2.05, 4.69) is 21.3 Å². The van der Waals surface area contributed by atoms with Crippen LogP contribution in [0.25, 0.3) is 0 Å². The quantitative estimate of drug-likeness (QED) is 0.254. The van der Waals surface area contributed by atoms with Crippen molar-refractivity contribution >= 4 is 11.9 Å². The molecule has 1 aliphatic heterocycles. The first kappa shape index (κ1) is 32.3. The van der Waals surface area contributed by atoms with Gasteiger partial charge in [-0.05, 0) is 98.7 Å². The molecule has 3 rings (SSSR count). The third kappa shape index (κ3) is 17.4. The number of carbonyl (C=O) groups is 2. The van der Waals surface area contributed by atoms with E-state index in [-0.39, 0.29) is 39.1 Å². The number of carboxylic acids is 2. The number of phenolic OH excluding ortho intramolecular Hbond substituents is 2. The monoisotopic (exact) mass is 532 g/mol. The summed E-state index contributed by atoms with van der Waals surface area (Å²) >= 11 is 0. The first-order valence-corrected chi connectivity index (χ1v) is 11.2. The molecule has 0 aromatic heterocycles. The van der Waals surface area contributed by atoms with Crippen LogP contribution in [0.1, 0.15) is 33.6 Å². The molecule has 0 unspecified atom stereocenters. The summed E-state index contributed by atoms with van der Waals surface area (Å²) in [5.41, 5.74) is 0.135. The van der Waals surface area contributed by atoms with Crippen LogP contribution in [-0.2, 0) is 16.5 Å². The molecule has 35 heavy (non-hydrogen) atoms. The SMILES string of the molecule is C1CNCCNCCCNCCNC1.O=C([O-])c1ccc(O)cc1.O=C([O-])c1ccc(O)cc1.[Ni+2]. The molecule has 0 saturated carbocycles. The van der Waals surface area contributed by atoms with E-state index in [1.165, 1.54) is 61.4 Å². The normalized spacial score (nSPS) is 14.9. The van der Waals surface area contributed by atoms with Gasteiger partial charge in [-0.15, -0.1) is 0 Å². The van der Waals surface area contributed by atoms with Gasteiger partial charge in [-0.25, -0.2) is 0 Å². The van der Waals surface area contributed by atoms with Gasteiger partial charge in [-0.3, -0.25) is 0 Å². The van der Waals surface area contributed by atoms with E-state index in [9.17, 15) is 19.8 Å². The fourth-order valence-electron chi connectivity index (χ4n) is 2.73. The molecule has 0 bridgehead atoms. The van der Waals surface area contributed by atoms with Crippen molar-refractivity contribution in [2.45, 2.75) is 12.8 Å². The van der Waals surface area contributed by atoms with Gasteiger partial charge >= 0.3 is 16.5 Å². The Balaban J connectivity index is 0.000000499. The van der Waals surface area contributed by atoms with Crippen molar-refractivity contribution in [1.29, 1.82) is 0 Å². The molecule has 0 aliphatic carbocycles. The number of nitrogens with one attached hydrogen (secondary N) is 4. The number of aromatic hydroxyl groups is 2. The standard InChI is InChI=1S/C10H24N4.2C7H6O3.Ni/c1-3-11-7-9-13-5-2-6-14-10-8-12-4-1;2*8-6-3-1-5(2-4-6)7(9)10;/h11-14H,1-10H2;2*1-4,8H,(H,9,10);/q;;;+2/p-2. The van der Waals surface area contributed by atoms with Crippen molar-refractivity contribution in [2.24, 2.45) is 0 Å². The molecule has 0 spiro atoms. The van der Waals surface area contributed by atoms with Crippen molar-refractivity contribution in [3.8, 4) is 11.5 Å². The Morgan fingerprint density at radius 3 is 1.03 bits per heavy atom. The van der Waals surface area contributed by atoms with Gasteiger partial charge in [0.05, 0.1) is 11.9 Å². The van der Waals surface area contributed by atoms with E-state index in [0.717, 1.165) is 52.4 Å². The Bertz CT molecular complexity index is 713. The predicted molar refractivity (Wildman–Crippen MR) is 126 cm³/mol. The molecule has 11 heteroatoms.